The second-order valence-electron chi connectivity index (χ2n) is 11.8. The zero-order chi connectivity index (χ0) is 35.0. The molecule has 0 aliphatic heterocycles. The number of hydrogen-bond donors (Lipinski definition) is 0. The van der Waals surface area contributed by atoms with E-state index in [1.165, 1.54) is 29.2 Å². The highest BCUT2D eigenvalue weighted by molar-refractivity contribution is 5.82. The van der Waals surface area contributed by atoms with Gasteiger partial charge < -0.3 is 0 Å². The third-order valence-electron chi connectivity index (χ3n) is 6.78. The number of ketones is 3. The fourth-order valence-corrected chi connectivity index (χ4v) is 4.34. The molecule has 0 bridgehead atoms. The van der Waals surface area contributed by atoms with Gasteiger partial charge in [-0.15, -0.1) is 0 Å². The van der Waals surface area contributed by atoms with Crippen LogP contribution in [0.1, 0.15) is 65.3 Å². The highest BCUT2D eigenvalue weighted by Gasteiger charge is 2.11. The highest BCUT2D eigenvalue weighted by atomic mass is 16.1. The molecule has 0 N–H and O–H groups in total. The molecule has 5 aromatic rings. The van der Waals surface area contributed by atoms with Crippen molar-refractivity contribution >= 4 is 17.3 Å². The first-order valence-electron chi connectivity index (χ1n) is 16.0. The van der Waals surface area contributed by atoms with Gasteiger partial charge in [0.05, 0.1) is 0 Å². The maximum Gasteiger partial charge on any atom is 0.134 e. The standard InChI is InChI=1S/C16H20O3.4C7H8/c1-10(17)5-14-8-15(6-11(2)18)13(4)16(9-14)7-12(3)19;4*1-7-5-3-2-4-6-7/h8-9H,5-7H2,1-4H3;4*2-6H,1H3. The van der Waals surface area contributed by atoms with Gasteiger partial charge in [-0.2, -0.15) is 0 Å². The first kappa shape index (κ1) is 40.1. The Balaban J connectivity index is 0.000000324. The molecule has 0 saturated carbocycles. The predicted octanol–water partition coefficient (Wildman–Crippen LogP) is 10.4. The van der Waals surface area contributed by atoms with Crippen LogP contribution in [0, 0.1) is 34.6 Å². The molecule has 5 rings (SSSR count). The van der Waals surface area contributed by atoms with Crippen LogP contribution in [0.2, 0.25) is 0 Å². The van der Waals surface area contributed by atoms with E-state index < -0.39 is 0 Å². The Labute approximate surface area is 283 Å². The van der Waals surface area contributed by atoms with Gasteiger partial charge >= 0.3 is 0 Å². The molecule has 0 aliphatic rings. The summed E-state index contributed by atoms with van der Waals surface area (Å²) in [5.41, 5.74) is 8.99. The van der Waals surface area contributed by atoms with Gasteiger partial charge in [-0.25, -0.2) is 0 Å². The van der Waals surface area contributed by atoms with Crippen LogP contribution in [0.25, 0.3) is 0 Å². The van der Waals surface area contributed by atoms with Crippen molar-refractivity contribution in [3.63, 3.8) is 0 Å². The minimum atomic E-state index is 0.0754. The molecule has 0 amide bonds. The van der Waals surface area contributed by atoms with Crippen LogP contribution < -0.4 is 0 Å². The van der Waals surface area contributed by atoms with Gasteiger partial charge in [0.15, 0.2) is 0 Å². The lowest BCUT2D eigenvalue weighted by atomic mass is 9.92. The normalized spacial score (nSPS) is 9.36. The van der Waals surface area contributed by atoms with Crippen LogP contribution in [0.4, 0.5) is 0 Å². The Morgan fingerprint density at radius 2 is 0.617 bits per heavy atom. The smallest absolute Gasteiger partial charge is 0.134 e. The summed E-state index contributed by atoms with van der Waals surface area (Å²) < 4.78 is 0. The van der Waals surface area contributed by atoms with E-state index in [1.807, 2.05) is 91.9 Å². The topological polar surface area (TPSA) is 51.2 Å². The molecule has 0 aromatic heterocycles. The van der Waals surface area contributed by atoms with Crippen molar-refractivity contribution in [2.24, 2.45) is 0 Å². The van der Waals surface area contributed by atoms with Crippen LogP contribution in [0.15, 0.2) is 133 Å². The largest absolute Gasteiger partial charge is 0.300 e. The Morgan fingerprint density at radius 1 is 0.383 bits per heavy atom. The van der Waals surface area contributed by atoms with Crippen molar-refractivity contribution < 1.29 is 14.4 Å². The third-order valence-corrected chi connectivity index (χ3v) is 6.78. The van der Waals surface area contributed by atoms with Crippen LogP contribution in [0.5, 0.6) is 0 Å². The number of aryl methyl sites for hydroxylation is 4. The van der Waals surface area contributed by atoms with Crippen molar-refractivity contribution in [3.05, 3.63) is 178 Å². The molecule has 0 radical (unpaired) electrons. The lowest BCUT2D eigenvalue weighted by molar-refractivity contribution is -0.117. The number of benzene rings is 5. The van der Waals surface area contributed by atoms with E-state index in [1.54, 1.807) is 13.8 Å². The molecule has 3 heteroatoms. The maximum absolute atomic E-state index is 11.3. The van der Waals surface area contributed by atoms with Crippen molar-refractivity contribution in [1.29, 1.82) is 0 Å². The third kappa shape index (κ3) is 20.7. The quantitative estimate of drug-likeness (QED) is 0.188. The molecule has 0 heterocycles. The van der Waals surface area contributed by atoms with Crippen LogP contribution in [-0.2, 0) is 33.6 Å². The van der Waals surface area contributed by atoms with Gasteiger partial charge in [0.2, 0.25) is 0 Å². The summed E-state index contributed by atoms with van der Waals surface area (Å²) in [5, 5.41) is 0. The number of carbonyl (C=O) groups is 3. The summed E-state index contributed by atoms with van der Waals surface area (Å²) in [6.07, 6.45) is 1.04. The highest BCUT2D eigenvalue weighted by Crippen LogP contribution is 2.20. The predicted molar refractivity (Wildman–Crippen MR) is 199 cm³/mol. The lowest BCUT2D eigenvalue weighted by Crippen LogP contribution is -2.08. The minimum absolute atomic E-state index is 0.0754. The Hall–Kier alpha value is -4.89. The first-order valence-corrected chi connectivity index (χ1v) is 16.0. The number of hydrogen-bond acceptors (Lipinski definition) is 3. The zero-order valence-corrected chi connectivity index (χ0v) is 29.5. The molecule has 0 aliphatic carbocycles. The lowest BCUT2D eigenvalue weighted by Gasteiger charge is -2.12. The maximum atomic E-state index is 11.3. The fraction of sp³-hybridized carbons (Fsp3) is 0.250. The molecule has 0 fully saturated rings. The van der Waals surface area contributed by atoms with E-state index in [9.17, 15) is 14.4 Å². The summed E-state index contributed by atoms with van der Waals surface area (Å²) >= 11 is 0. The average molecular weight is 629 g/mol. The summed E-state index contributed by atoms with van der Waals surface area (Å²) in [4.78, 5) is 33.8. The van der Waals surface area contributed by atoms with Gasteiger partial charge in [0.1, 0.15) is 17.3 Å². The molecule has 0 saturated heterocycles. The van der Waals surface area contributed by atoms with E-state index in [-0.39, 0.29) is 17.3 Å². The van der Waals surface area contributed by atoms with Crippen LogP contribution in [0.3, 0.4) is 0 Å². The molecule has 246 valence electrons. The van der Waals surface area contributed by atoms with Crippen LogP contribution in [-0.4, -0.2) is 17.3 Å². The molecule has 5 aromatic carbocycles. The zero-order valence-electron chi connectivity index (χ0n) is 29.5. The molecular formula is C44H52O3. The fourth-order valence-electron chi connectivity index (χ4n) is 4.34. The molecule has 0 spiro atoms. The van der Waals surface area contributed by atoms with E-state index in [0.29, 0.717) is 19.3 Å². The van der Waals surface area contributed by atoms with Crippen molar-refractivity contribution in [1.82, 2.24) is 0 Å². The molecule has 0 unspecified atom stereocenters. The van der Waals surface area contributed by atoms with Crippen molar-refractivity contribution in [2.45, 2.75) is 74.7 Å². The van der Waals surface area contributed by atoms with Crippen molar-refractivity contribution in [3.8, 4) is 0 Å². The first-order chi connectivity index (χ1) is 22.4. The summed E-state index contributed by atoms with van der Waals surface area (Å²) in [5.74, 6) is 0.236. The van der Waals surface area contributed by atoms with Gasteiger partial charge in [-0.1, -0.05) is 156 Å². The monoisotopic (exact) mass is 628 g/mol. The summed E-state index contributed by atoms with van der Waals surface area (Å²) in [7, 11) is 0. The van der Waals surface area contributed by atoms with Crippen LogP contribution >= 0.6 is 0 Å². The number of carbonyl (C=O) groups excluding carboxylic acids is 3. The Bertz CT molecular complexity index is 1400. The SMILES string of the molecule is CC(=O)Cc1cc(CC(C)=O)c(C)c(CC(C)=O)c1.Cc1ccccc1.Cc1ccccc1.Cc1ccccc1.Cc1ccccc1. The minimum Gasteiger partial charge on any atom is -0.300 e. The van der Waals surface area contributed by atoms with E-state index >= 15 is 0 Å². The Morgan fingerprint density at radius 3 is 0.787 bits per heavy atom. The molecule has 0 atom stereocenters. The molecule has 3 nitrogen and oxygen atoms in total. The number of rotatable bonds is 6. The van der Waals surface area contributed by atoms with Gasteiger partial charge in [-0.05, 0) is 77.6 Å². The van der Waals surface area contributed by atoms with Gasteiger partial charge in [0.25, 0.3) is 0 Å². The number of Topliss-reactive ketones (excluding diaryl/α,β-unsaturated/α-hetero) is 3. The molecule has 47 heavy (non-hydrogen) atoms. The second kappa shape index (κ2) is 23.4. The summed E-state index contributed by atoms with van der Waals surface area (Å²) in [6.45, 7) is 14.9. The van der Waals surface area contributed by atoms with E-state index in [0.717, 1.165) is 22.3 Å². The summed E-state index contributed by atoms with van der Waals surface area (Å²) in [6, 6.07) is 44.9. The molecular weight excluding hydrogens is 576 g/mol. The average Bonchev–Trinajstić information content (AvgIpc) is 3.02. The van der Waals surface area contributed by atoms with Gasteiger partial charge in [-0.3, -0.25) is 14.4 Å². The van der Waals surface area contributed by atoms with E-state index in [2.05, 4.69) is 76.2 Å². The Kier molecular flexibility index (Phi) is 20.0. The second-order valence-corrected chi connectivity index (χ2v) is 11.8. The van der Waals surface area contributed by atoms with Gasteiger partial charge in [0, 0.05) is 19.3 Å². The van der Waals surface area contributed by atoms with Crippen molar-refractivity contribution in [2.75, 3.05) is 0 Å². The van der Waals surface area contributed by atoms with E-state index in [4.69, 9.17) is 0 Å².